The van der Waals surface area contributed by atoms with Gasteiger partial charge in [-0.15, -0.1) is 0 Å². The number of amides is 2. The number of hydrogen-bond donors (Lipinski definition) is 3. The number of anilines is 1. The smallest absolute Gasteiger partial charge is 0.277 e. The quantitative estimate of drug-likeness (QED) is 0.467. The molecule has 7 nitrogen and oxygen atoms in total. The average Bonchev–Trinajstić information content (AvgIpc) is 2.72. The summed E-state index contributed by atoms with van der Waals surface area (Å²) < 4.78 is 0. The minimum atomic E-state index is -0.561. The van der Waals surface area contributed by atoms with Gasteiger partial charge in [0.2, 0.25) is 0 Å². The van der Waals surface area contributed by atoms with Gasteiger partial charge in [-0.3, -0.25) is 14.9 Å². The Labute approximate surface area is 155 Å². The first-order valence-corrected chi connectivity index (χ1v) is 8.18. The molecule has 0 saturated carbocycles. The van der Waals surface area contributed by atoms with E-state index in [1.165, 1.54) is 6.07 Å². The number of carbonyl (C=O) groups is 2. The van der Waals surface area contributed by atoms with Crippen molar-refractivity contribution in [2.75, 3.05) is 12.3 Å². The van der Waals surface area contributed by atoms with Gasteiger partial charge in [-0.25, -0.2) is 4.98 Å². The van der Waals surface area contributed by atoms with Gasteiger partial charge in [0.25, 0.3) is 11.8 Å². The van der Waals surface area contributed by atoms with E-state index in [1.54, 1.807) is 6.08 Å². The van der Waals surface area contributed by atoms with Crippen LogP contribution in [-0.4, -0.2) is 33.8 Å². The van der Waals surface area contributed by atoms with Gasteiger partial charge in [0.1, 0.15) is 16.7 Å². The Morgan fingerprint density at radius 1 is 1.20 bits per heavy atom. The molecule has 3 rings (SSSR count). The minimum absolute atomic E-state index is 0.00463. The fraction of sp³-hybridized carbons (Fsp3) is 0.312. The molecule has 2 aliphatic heterocycles. The minimum Gasteiger partial charge on any atom is -0.399 e. The molecule has 0 aromatic carbocycles. The Hall–Kier alpha value is -2.25. The second-order valence-electron chi connectivity index (χ2n) is 6.49. The Morgan fingerprint density at radius 2 is 1.84 bits per heavy atom. The lowest BCUT2D eigenvalue weighted by atomic mass is 10.1. The zero-order valence-electron chi connectivity index (χ0n) is 14.1. The number of rotatable bonds is 0. The lowest BCUT2D eigenvalue weighted by molar-refractivity contribution is 0.0878. The molecule has 25 heavy (non-hydrogen) atoms. The van der Waals surface area contributed by atoms with E-state index in [-0.39, 0.29) is 27.6 Å². The summed E-state index contributed by atoms with van der Waals surface area (Å²) in [6.07, 6.45) is 3.76. The molecule has 0 saturated heterocycles. The van der Waals surface area contributed by atoms with Crippen LogP contribution in [0.4, 0.5) is 5.82 Å². The SMILES string of the molecule is CC(C)(C)N1CC=C(N)C=C1Cl.Nc1cc(Cl)c2c(n1)C(=O)NC2=O. The summed E-state index contributed by atoms with van der Waals surface area (Å²) in [4.78, 5) is 28.0. The lowest BCUT2D eigenvalue weighted by Gasteiger charge is -2.37. The highest BCUT2D eigenvalue weighted by Gasteiger charge is 2.31. The van der Waals surface area contributed by atoms with Gasteiger partial charge in [0, 0.05) is 17.8 Å². The highest BCUT2D eigenvalue weighted by atomic mass is 35.5. The number of nitrogens with one attached hydrogen (secondary N) is 1. The lowest BCUT2D eigenvalue weighted by Crippen LogP contribution is -2.40. The van der Waals surface area contributed by atoms with Gasteiger partial charge >= 0.3 is 0 Å². The van der Waals surface area contributed by atoms with Crippen LogP contribution in [0.2, 0.25) is 5.02 Å². The molecule has 0 bridgehead atoms. The van der Waals surface area contributed by atoms with E-state index in [0.29, 0.717) is 0 Å². The predicted molar refractivity (Wildman–Crippen MR) is 98.1 cm³/mol. The largest absolute Gasteiger partial charge is 0.399 e. The number of aromatic nitrogens is 1. The Balaban J connectivity index is 0.000000181. The van der Waals surface area contributed by atoms with Gasteiger partial charge in [-0.2, -0.15) is 0 Å². The van der Waals surface area contributed by atoms with Crippen LogP contribution in [0.1, 0.15) is 41.6 Å². The maximum Gasteiger partial charge on any atom is 0.277 e. The number of allylic oxidation sites excluding steroid dienone is 1. The summed E-state index contributed by atoms with van der Waals surface area (Å²) in [6, 6.07) is 1.33. The maximum absolute atomic E-state index is 11.1. The first-order chi connectivity index (χ1) is 11.5. The number of carbonyl (C=O) groups excluding carboxylic acids is 2. The Kier molecular flexibility index (Phi) is 5.29. The van der Waals surface area contributed by atoms with E-state index < -0.39 is 11.8 Å². The molecule has 0 fully saturated rings. The fourth-order valence-corrected chi connectivity index (χ4v) is 3.03. The summed E-state index contributed by atoms with van der Waals surface area (Å²) in [5.41, 5.74) is 11.9. The van der Waals surface area contributed by atoms with Crippen LogP contribution in [-0.2, 0) is 0 Å². The number of hydrogen-bond acceptors (Lipinski definition) is 6. The molecule has 1 aromatic rings. The maximum atomic E-state index is 11.1. The molecule has 0 spiro atoms. The number of pyridine rings is 1. The molecule has 2 aliphatic rings. The second-order valence-corrected chi connectivity index (χ2v) is 7.28. The molecule has 0 aliphatic carbocycles. The highest BCUT2D eigenvalue weighted by molar-refractivity contribution is 6.37. The third-order valence-corrected chi connectivity index (χ3v) is 4.13. The molecule has 0 radical (unpaired) electrons. The standard InChI is InChI=1S/C9H15ClN2.C7H4ClN3O2/c1-9(2,3)12-5-4-7(11)6-8(12)10;8-2-1-3(9)10-5-4(2)6(12)11-7(5)13/h4,6H,5,11H2,1-3H3;1H,(H2,9,10)(H,11,12,13). The Bertz CT molecular complexity index is 796. The van der Waals surface area contributed by atoms with Gasteiger partial charge in [-0.05, 0) is 39.0 Å². The van der Waals surface area contributed by atoms with Crippen molar-refractivity contribution in [3.05, 3.63) is 45.4 Å². The molecular formula is C16H19Cl2N5O2. The number of fused-ring (bicyclic) bond motifs is 1. The van der Waals surface area contributed by atoms with E-state index >= 15 is 0 Å². The Morgan fingerprint density at radius 3 is 2.40 bits per heavy atom. The molecular weight excluding hydrogens is 365 g/mol. The third-order valence-electron chi connectivity index (χ3n) is 3.52. The van der Waals surface area contributed by atoms with E-state index in [4.69, 9.17) is 34.7 Å². The summed E-state index contributed by atoms with van der Waals surface area (Å²) in [5, 5.41) is 2.94. The van der Waals surface area contributed by atoms with Gasteiger partial charge < -0.3 is 16.4 Å². The van der Waals surface area contributed by atoms with E-state index in [1.807, 2.05) is 6.08 Å². The predicted octanol–water partition coefficient (Wildman–Crippen LogP) is 2.22. The summed E-state index contributed by atoms with van der Waals surface area (Å²) in [6.45, 7) is 7.17. The zero-order valence-corrected chi connectivity index (χ0v) is 15.6. The average molecular weight is 384 g/mol. The number of imide groups is 1. The van der Waals surface area contributed by atoms with Crippen LogP contribution in [0.5, 0.6) is 0 Å². The van der Waals surface area contributed by atoms with Crippen molar-refractivity contribution in [1.29, 1.82) is 0 Å². The van der Waals surface area contributed by atoms with Gasteiger partial charge in [0.15, 0.2) is 0 Å². The third kappa shape index (κ3) is 4.24. The van der Waals surface area contributed by atoms with E-state index in [2.05, 4.69) is 36.0 Å². The van der Waals surface area contributed by atoms with E-state index in [9.17, 15) is 9.59 Å². The van der Waals surface area contributed by atoms with Crippen molar-refractivity contribution in [2.24, 2.45) is 5.73 Å². The number of nitrogens with two attached hydrogens (primary N) is 2. The molecule has 134 valence electrons. The number of nitrogen functional groups attached to an aromatic ring is 1. The van der Waals surface area contributed by atoms with Gasteiger partial charge in [-0.1, -0.05) is 23.2 Å². The first-order valence-electron chi connectivity index (χ1n) is 7.43. The van der Waals surface area contributed by atoms with Crippen LogP contribution in [0.3, 0.4) is 0 Å². The van der Waals surface area contributed by atoms with Crippen molar-refractivity contribution in [2.45, 2.75) is 26.3 Å². The molecule has 0 unspecified atom stereocenters. The molecule has 0 atom stereocenters. The van der Waals surface area contributed by atoms with Crippen LogP contribution in [0, 0.1) is 0 Å². The van der Waals surface area contributed by atoms with Crippen molar-refractivity contribution >= 4 is 40.8 Å². The molecule has 1 aromatic heterocycles. The highest BCUT2D eigenvalue weighted by Crippen LogP contribution is 2.25. The number of halogens is 2. The van der Waals surface area contributed by atoms with Crippen LogP contribution in [0.25, 0.3) is 0 Å². The monoisotopic (exact) mass is 383 g/mol. The normalized spacial score (nSPS) is 16.4. The molecule has 3 heterocycles. The van der Waals surface area contributed by atoms with Crippen LogP contribution >= 0.6 is 23.2 Å². The van der Waals surface area contributed by atoms with Crippen molar-refractivity contribution in [1.82, 2.24) is 15.2 Å². The summed E-state index contributed by atoms with van der Waals surface area (Å²) in [5.74, 6) is -0.972. The van der Waals surface area contributed by atoms with Crippen LogP contribution in [0.15, 0.2) is 29.1 Å². The zero-order chi connectivity index (χ0) is 18.9. The van der Waals surface area contributed by atoms with Crippen LogP contribution < -0.4 is 16.8 Å². The summed E-state index contributed by atoms with van der Waals surface area (Å²) >= 11 is 11.7. The van der Waals surface area contributed by atoms with Crippen molar-refractivity contribution < 1.29 is 9.59 Å². The fourth-order valence-electron chi connectivity index (χ4n) is 2.29. The van der Waals surface area contributed by atoms with E-state index in [0.717, 1.165) is 17.4 Å². The molecule has 9 heteroatoms. The topological polar surface area (TPSA) is 114 Å². The molecule has 2 amide bonds. The van der Waals surface area contributed by atoms with Crippen molar-refractivity contribution in [3.8, 4) is 0 Å². The molecule has 5 N–H and O–H groups in total. The van der Waals surface area contributed by atoms with Crippen molar-refractivity contribution in [3.63, 3.8) is 0 Å². The summed E-state index contributed by atoms with van der Waals surface area (Å²) in [7, 11) is 0. The number of nitrogens with zero attached hydrogens (tertiary/aromatic N) is 2. The second kappa shape index (κ2) is 6.93. The first kappa shape index (κ1) is 19.1. The van der Waals surface area contributed by atoms with Gasteiger partial charge in [0.05, 0.1) is 10.6 Å².